The fourth-order valence-electron chi connectivity index (χ4n) is 2.14. The summed E-state index contributed by atoms with van der Waals surface area (Å²) < 4.78 is 1.01. The third kappa shape index (κ3) is 4.49. The van der Waals surface area contributed by atoms with E-state index < -0.39 is 0 Å². The van der Waals surface area contributed by atoms with E-state index in [1.54, 1.807) is 0 Å². The van der Waals surface area contributed by atoms with Gasteiger partial charge in [0.25, 0.3) is 0 Å². The van der Waals surface area contributed by atoms with E-state index in [1.807, 2.05) is 43.8 Å². The Morgan fingerprint density at radius 1 is 1.30 bits per heavy atom. The van der Waals surface area contributed by atoms with Crippen LogP contribution in [0.5, 0.6) is 0 Å². The maximum atomic E-state index is 12.1. The monoisotopic (exact) mass is 341 g/mol. The van der Waals surface area contributed by atoms with E-state index in [4.69, 9.17) is 0 Å². The Hall–Kier alpha value is -1.07. The highest BCUT2D eigenvalue weighted by Gasteiger charge is 2.14. The number of likely N-dealkylation sites (N-methyl/N-ethyl adjacent to an activating group) is 2. The van der Waals surface area contributed by atoms with Crippen LogP contribution in [0.3, 0.4) is 0 Å². The van der Waals surface area contributed by atoms with Crippen molar-refractivity contribution >= 4 is 27.5 Å². The minimum absolute atomic E-state index is 0.156. The van der Waals surface area contributed by atoms with Gasteiger partial charge in [-0.15, -0.1) is 0 Å². The molecular weight excluding hydrogens is 318 g/mol. The highest BCUT2D eigenvalue weighted by Crippen LogP contribution is 2.26. The van der Waals surface area contributed by atoms with Crippen molar-refractivity contribution in [2.75, 3.05) is 38.6 Å². The van der Waals surface area contributed by atoms with Gasteiger partial charge in [0.05, 0.1) is 12.2 Å². The summed E-state index contributed by atoms with van der Waals surface area (Å²) in [6, 6.07) is 6.21. The molecule has 0 radical (unpaired) electrons. The fraction of sp³-hybridized carbons (Fsp3) is 0.533. The zero-order valence-corrected chi connectivity index (χ0v) is 14.3. The Kier molecular flexibility index (Phi) is 7.02. The summed E-state index contributed by atoms with van der Waals surface area (Å²) in [5, 5.41) is 3.13. The predicted octanol–water partition coefficient (Wildman–Crippen LogP) is 2.47. The molecule has 4 nitrogen and oxygen atoms in total. The standard InChI is InChI=1S/C15H24BrN3O/c1-5-19(6-2)15(20)11-18(4)14-8-7-12(10-17-3)9-13(14)16/h7-9,17H,5-6,10-11H2,1-4H3. The Balaban J connectivity index is 2.77. The average molecular weight is 342 g/mol. The quantitative estimate of drug-likeness (QED) is 0.827. The number of hydrogen-bond acceptors (Lipinski definition) is 3. The number of carbonyl (C=O) groups is 1. The molecule has 112 valence electrons. The number of hydrogen-bond donors (Lipinski definition) is 1. The number of nitrogens with one attached hydrogen (secondary N) is 1. The summed E-state index contributed by atoms with van der Waals surface area (Å²) in [6.07, 6.45) is 0. The SMILES string of the molecule is CCN(CC)C(=O)CN(C)c1ccc(CNC)cc1Br. The molecule has 0 aliphatic rings. The van der Waals surface area contributed by atoms with E-state index in [0.717, 1.165) is 29.8 Å². The summed E-state index contributed by atoms with van der Waals surface area (Å²) in [5.41, 5.74) is 2.25. The summed E-state index contributed by atoms with van der Waals surface area (Å²) in [6.45, 7) is 6.75. The second-order valence-corrected chi connectivity index (χ2v) is 5.59. The molecule has 0 bridgehead atoms. The lowest BCUT2D eigenvalue weighted by Gasteiger charge is -2.25. The normalized spacial score (nSPS) is 10.4. The second kappa shape index (κ2) is 8.27. The molecule has 0 aliphatic heterocycles. The number of carbonyl (C=O) groups excluding carboxylic acids is 1. The second-order valence-electron chi connectivity index (χ2n) is 4.74. The first-order chi connectivity index (χ1) is 9.53. The van der Waals surface area contributed by atoms with E-state index in [-0.39, 0.29) is 5.91 Å². The largest absolute Gasteiger partial charge is 0.364 e. The smallest absolute Gasteiger partial charge is 0.242 e. The maximum Gasteiger partial charge on any atom is 0.242 e. The zero-order chi connectivity index (χ0) is 15.1. The minimum Gasteiger partial charge on any atom is -0.364 e. The molecule has 1 rings (SSSR count). The number of benzene rings is 1. The lowest BCUT2D eigenvalue weighted by atomic mass is 10.2. The van der Waals surface area contributed by atoms with Gasteiger partial charge in [-0.2, -0.15) is 0 Å². The van der Waals surface area contributed by atoms with Gasteiger partial charge in [-0.05, 0) is 54.5 Å². The number of halogens is 1. The Bertz CT molecular complexity index is 447. The van der Waals surface area contributed by atoms with Crippen LogP contribution in [0.4, 0.5) is 5.69 Å². The molecule has 20 heavy (non-hydrogen) atoms. The number of nitrogens with zero attached hydrogens (tertiary/aromatic N) is 2. The topological polar surface area (TPSA) is 35.6 Å². The van der Waals surface area contributed by atoms with E-state index in [9.17, 15) is 4.79 Å². The average Bonchev–Trinajstić information content (AvgIpc) is 2.40. The lowest BCUT2D eigenvalue weighted by molar-refractivity contribution is -0.129. The van der Waals surface area contributed by atoms with Crippen molar-refractivity contribution in [2.45, 2.75) is 20.4 Å². The lowest BCUT2D eigenvalue weighted by Crippen LogP contribution is -2.38. The molecule has 0 aliphatic carbocycles. The van der Waals surface area contributed by atoms with E-state index in [0.29, 0.717) is 6.54 Å². The van der Waals surface area contributed by atoms with Gasteiger partial charge in [0.2, 0.25) is 5.91 Å². The first kappa shape index (κ1) is 17.0. The number of amides is 1. The van der Waals surface area contributed by atoms with Gasteiger partial charge in [-0.25, -0.2) is 0 Å². The van der Waals surface area contributed by atoms with Gasteiger partial charge in [0.15, 0.2) is 0 Å². The number of rotatable bonds is 7. The van der Waals surface area contributed by atoms with Crippen molar-refractivity contribution in [2.24, 2.45) is 0 Å². The number of anilines is 1. The van der Waals surface area contributed by atoms with Gasteiger partial charge >= 0.3 is 0 Å². The molecule has 1 N–H and O–H groups in total. The highest BCUT2D eigenvalue weighted by atomic mass is 79.9. The molecule has 0 saturated carbocycles. The molecule has 0 atom stereocenters. The minimum atomic E-state index is 0.156. The molecule has 0 fully saturated rings. The maximum absolute atomic E-state index is 12.1. The van der Waals surface area contributed by atoms with Crippen molar-refractivity contribution in [3.63, 3.8) is 0 Å². The first-order valence-corrected chi connectivity index (χ1v) is 7.74. The van der Waals surface area contributed by atoms with Crippen LogP contribution in [0, 0.1) is 0 Å². The molecule has 0 unspecified atom stereocenters. The van der Waals surface area contributed by atoms with Gasteiger partial charge in [-0.1, -0.05) is 6.07 Å². The highest BCUT2D eigenvalue weighted by molar-refractivity contribution is 9.10. The van der Waals surface area contributed by atoms with Crippen LogP contribution < -0.4 is 10.2 Å². The molecule has 0 heterocycles. The molecule has 5 heteroatoms. The van der Waals surface area contributed by atoms with Crippen molar-refractivity contribution in [1.29, 1.82) is 0 Å². The van der Waals surface area contributed by atoms with Crippen LogP contribution in [0.15, 0.2) is 22.7 Å². The molecule has 1 aromatic carbocycles. The molecule has 0 saturated heterocycles. The summed E-state index contributed by atoms with van der Waals surface area (Å²) in [7, 11) is 3.87. The van der Waals surface area contributed by atoms with Crippen LogP contribution >= 0.6 is 15.9 Å². The van der Waals surface area contributed by atoms with Gasteiger partial charge in [0, 0.05) is 31.2 Å². The Morgan fingerprint density at radius 2 is 1.95 bits per heavy atom. The van der Waals surface area contributed by atoms with Crippen molar-refractivity contribution in [3.05, 3.63) is 28.2 Å². The molecule has 1 amide bonds. The van der Waals surface area contributed by atoms with Crippen LogP contribution in [0.25, 0.3) is 0 Å². The first-order valence-electron chi connectivity index (χ1n) is 6.95. The van der Waals surface area contributed by atoms with Crippen LogP contribution in [-0.4, -0.2) is 44.5 Å². The van der Waals surface area contributed by atoms with E-state index >= 15 is 0 Å². The molecular formula is C15H24BrN3O. The molecule has 0 spiro atoms. The van der Waals surface area contributed by atoms with Gasteiger partial charge in [0.1, 0.15) is 0 Å². The van der Waals surface area contributed by atoms with Crippen molar-refractivity contribution in [1.82, 2.24) is 10.2 Å². The van der Waals surface area contributed by atoms with Crippen molar-refractivity contribution in [3.8, 4) is 0 Å². The van der Waals surface area contributed by atoms with Crippen LogP contribution in [0.1, 0.15) is 19.4 Å². The van der Waals surface area contributed by atoms with E-state index in [2.05, 4.69) is 33.4 Å². The predicted molar refractivity (Wildman–Crippen MR) is 88.1 cm³/mol. The zero-order valence-electron chi connectivity index (χ0n) is 12.7. The Labute approximate surface area is 130 Å². The Morgan fingerprint density at radius 3 is 2.45 bits per heavy atom. The molecule has 0 aromatic heterocycles. The third-order valence-electron chi connectivity index (χ3n) is 3.29. The summed E-state index contributed by atoms with van der Waals surface area (Å²) in [5.74, 6) is 0.156. The van der Waals surface area contributed by atoms with Gasteiger partial charge in [-0.3, -0.25) is 4.79 Å². The van der Waals surface area contributed by atoms with Crippen LogP contribution in [0.2, 0.25) is 0 Å². The van der Waals surface area contributed by atoms with Gasteiger partial charge < -0.3 is 15.1 Å². The van der Waals surface area contributed by atoms with E-state index in [1.165, 1.54) is 5.56 Å². The molecule has 1 aromatic rings. The van der Waals surface area contributed by atoms with Crippen molar-refractivity contribution < 1.29 is 4.79 Å². The van der Waals surface area contributed by atoms with Crippen LogP contribution in [-0.2, 0) is 11.3 Å². The third-order valence-corrected chi connectivity index (χ3v) is 3.93. The fourth-order valence-corrected chi connectivity index (χ4v) is 2.87. The summed E-state index contributed by atoms with van der Waals surface area (Å²) >= 11 is 3.58. The summed E-state index contributed by atoms with van der Waals surface area (Å²) in [4.78, 5) is 16.0.